The van der Waals surface area contributed by atoms with Gasteiger partial charge in [0.05, 0.1) is 17.6 Å². The predicted octanol–water partition coefficient (Wildman–Crippen LogP) is 5.17. The van der Waals surface area contributed by atoms with E-state index in [0.29, 0.717) is 0 Å². The Kier molecular flexibility index (Phi) is 5.39. The summed E-state index contributed by atoms with van der Waals surface area (Å²) in [5, 5.41) is 6.97. The normalized spacial score (nSPS) is 11.9. The molecular weight excluding hydrogens is 382 g/mol. The summed E-state index contributed by atoms with van der Waals surface area (Å²) in [5.74, 6) is 0. The highest BCUT2D eigenvalue weighted by Gasteiger charge is 2.12. The molecule has 0 saturated carbocycles. The van der Waals surface area contributed by atoms with E-state index in [1.54, 1.807) is 12.4 Å². The average Bonchev–Trinajstić information content (AvgIpc) is 3.01. The summed E-state index contributed by atoms with van der Waals surface area (Å²) in [6.45, 7) is 1.48. The third kappa shape index (κ3) is 4.61. The lowest BCUT2D eigenvalue weighted by Gasteiger charge is -2.12. The predicted molar refractivity (Wildman–Crippen MR) is 126 cm³/mol. The summed E-state index contributed by atoms with van der Waals surface area (Å²) in [7, 11) is 0. The monoisotopic (exact) mass is 405 g/mol. The van der Waals surface area contributed by atoms with Crippen molar-refractivity contribution >= 4 is 23.5 Å². The molecule has 1 aliphatic carbocycles. The summed E-state index contributed by atoms with van der Waals surface area (Å²) in [6, 6.07) is 16.8. The van der Waals surface area contributed by atoms with Crippen LogP contribution in [0, 0.1) is 0 Å². The van der Waals surface area contributed by atoms with Gasteiger partial charge in [-0.1, -0.05) is 24.3 Å². The fourth-order valence-electron chi connectivity index (χ4n) is 3.73. The number of nitrogens with one attached hydrogen (secondary N) is 2. The van der Waals surface area contributed by atoms with Gasteiger partial charge in [-0.2, -0.15) is 0 Å². The minimum atomic E-state index is 0.725. The number of nitrogens with zero attached hydrogens (tertiary/aromatic N) is 3. The number of rotatable bonds is 6. The van der Waals surface area contributed by atoms with E-state index in [2.05, 4.69) is 74.1 Å². The SMILES string of the molecule is C1=Cc2ncc(NCc3cccnc3)cc2Cc2cc(NCc3cccnc3)ccc21. The van der Waals surface area contributed by atoms with Crippen molar-refractivity contribution in [2.24, 2.45) is 0 Å². The smallest absolute Gasteiger partial charge is 0.0666 e. The first-order chi connectivity index (χ1) is 15.3. The Bertz CT molecular complexity index is 1110. The summed E-state index contributed by atoms with van der Waals surface area (Å²) < 4.78 is 0. The van der Waals surface area contributed by atoms with Crippen molar-refractivity contribution in [1.29, 1.82) is 0 Å². The Labute approximate surface area is 181 Å². The fraction of sp³-hybridized carbons (Fsp3) is 0.115. The molecule has 5 heteroatoms. The van der Waals surface area contributed by atoms with Crippen LogP contribution < -0.4 is 10.6 Å². The highest BCUT2D eigenvalue weighted by molar-refractivity contribution is 5.75. The van der Waals surface area contributed by atoms with E-state index in [9.17, 15) is 0 Å². The number of fused-ring (bicyclic) bond motifs is 2. The van der Waals surface area contributed by atoms with Crippen molar-refractivity contribution in [1.82, 2.24) is 15.0 Å². The zero-order valence-corrected chi connectivity index (χ0v) is 17.1. The van der Waals surface area contributed by atoms with E-state index < -0.39 is 0 Å². The molecule has 1 aliphatic rings. The first kappa shape index (κ1) is 19.0. The average molecular weight is 406 g/mol. The number of hydrogen-bond donors (Lipinski definition) is 2. The topological polar surface area (TPSA) is 62.7 Å². The van der Waals surface area contributed by atoms with Gasteiger partial charge in [0, 0.05) is 50.0 Å². The highest BCUT2D eigenvalue weighted by Crippen LogP contribution is 2.28. The van der Waals surface area contributed by atoms with Gasteiger partial charge in [0.2, 0.25) is 0 Å². The van der Waals surface area contributed by atoms with Crippen LogP contribution in [0.25, 0.3) is 12.2 Å². The molecule has 0 aliphatic heterocycles. The second-order valence-electron chi connectivity index (χ2n) is 7.62. The van der Waals surface area contributed by atoms with Crippen molar-refractivity contribution in [2.75, 3.05) is 10.6 Å². The molecule has 0 radical (unpaired) electrons. The largest absolute Gasteiger partial charge is 0.381 e. The second kappa shape index (κ2) is 8.79. The first-order valence-electron chi connectivity index (χ1n) is 10.4. The number of hydrogen-bond acceptors (Lipinski definition) is 5. The maximum absolute atomic E-state index is 4.69. The molecule has 0 bridgehead atoms. The van der Waals surface area contributed by atoms with E-state index in [4.69, 9.17) is 0 Å². The fourth-order valence-corrected chi connectivity index (χ4v) is 3.73. The van der Waals surface area contributed by atoms with Gasteiger partial charge in [-0.3, -0.25) is 15.0 Å². The molecule has 4 aromatic rings. The molecule has 0 fully saturated rings. The lowest BCUT2D eigenvalue weighted by Crippen LogP contribution is -2.03. The Morgan fingerprint density at radius 1 is 0.710 bits per heavy atom. The first-order valence-corrected chi connectivity index (χ1v) is 10.4. The molecule has 0 saturated heterocycles. The van der Waals surface area contributed by atoms with Crippen LogP contribution in [-0.2, 0) is 19.5 Å². The Morgan fingerprint density at radius 2 is 1.42 bits per heavy atom. The molecule has 0 amide bonds. The zero-order chi connectivity index (χ0) is 20.9. The quantitative estimate of drug-likeness (QED) is 0.408. The van der Waals surface area contributed by atoms with Gasteiger partial charge in [-0.05, 0) is 64.2 Å². The van der Waals surface area contributed by atoms with Gasteiger partial charge in [0.15, 0.2) is 0 Å². The molecule has 0 atom stereocenters. The third-order valence-electron chi connectivity index (χ3n) is 5.38. The standard InChI is InChI=1S/C26H23N5/c1-3-19(14-27-9-1)16-29-24-7-5-21-6-8-26-23(11-22(21)12-24)13-25(18-31-26)30-17-20-4-2-10-28-15-20/h1-10,12-15,18,29-30H,11,16-17H2. The van der Waals surface area contributed by atoms with Crippen LogP contribution in [-0.4, -0.2) is 15.0 Å². The summed E-state index contributed by atoms with van der Waals surface area (Å²) in [4.78, 5) is 13.0. The minimum Gasteiger partial charge on any atom is -0.381 e. The van der Waals surface area contributed by atoms with Gasteiger partial charge >= 0.3 is 0 Å². The van der Waals surface area contributed by atoms with Crippen molar-refractivity contribution in [3.8, 4) is 0 Å². The minimum absolute atomic E-state index is 0.725. The molecule has 0 spiro atoms. The van der Waals surface area contributed by atoms with Crippen LogP contribution in [0.15, 0.2) is 79.5 Å². The van der Waals surface area contributed by atoms with Gasteiger partial charge in [0.25, 0.3) is 0 Å². The molecule has 5 rings (SSSR count). The maximum Gasteiger partial charge on any atom is 0.0666 e. The van der Waals surface area contributed by atoms with Crippen LogP contribution in [0.1, 0.15) is 33.5 Å². The molecular formula is C26H23N5. The molecule has 31 heavy (non-hydrogen) atoms. The van der Waals surface area contributed by atoms with Crippen molar-refractivity contribution in [3.05, 3.63) is 113 Å². The van der Waals surface area contributed by atoms with E-state index in [-0.39, 0.29) is 0 Å². The van der Waals surface area contributed by atoms with E-state index in [0.717, 1.165) is 47.7 Å². The molecule has 0 unspecified atom stereocenters. The van der Waals surface area contributed by atoms with Crippen LogP contribution in [0.5, 0.6) is 0 Å². The van der Waals surface area contributed by atoms with Gasteiger partial charge in [0.1, 0.15) is 0 Å². The van der Waals surface area contributed by atoms with Gasteiger partial charge in [-0.15, -0.1) is 0 Å². The number of benzene rings is 1. The van der Waals surface area contributed by atoms with Crippen molar-refractivity contribution < 1.29 is 0 Å². The van der Waals surface area contributed by atoms with Crippen LogP contribution >= 0.6 is 0 Å². The lowest BCUT2D eigenvalue weighted by molar-refractivity contribution is 1.08. The van der Waals surface area contributed by atoms with Crippen LogP contribution in [0.3, 0.4) is 0 Å². The Balaban J connectivity index is 1.32. The van der Waals surface area contributed by atoms with E-state index in [1.807, 2.05) is 30.7 Å². The Morgan fingerprint density at radius 3 is 2.13 bits per heavy atom. The molecule has 3 heterocycles. The second-order valence-corrected chi connectivity index (χ2v) is 7.62. The maximum atomic E-state index is 4.69. The molecule has 5 nitrogen and oxygen atoms in total. The lowest BCUT2D eigenvalue weighted by atomic mass is 10.0. The van der Waals surface area contributed by atoms with E-state index >= 15 is 0 Å². The number of anilines is 2. The number of aromatic nitrogens is 3. The van der Waals surface area contributed by atoms with Crippen LogP contribution in [0.4, 0.5) is 11.4 Å². The van der Waals surface area contributed by atoms with Gasteiger partial charge < -0.3 is 10.6 Å². The number of pyridine rings is 3. The molecule has 3 aromatic heterocycles. The van der Waals surface area contributed by atoms with Gasteiger partial charge in [-0.25, -0.2) is 0 Å². The molecule has 152 valence electrons. The van der Waals surface area contributed by atoms with Crippen molar-refractivity contribution in [3.63, 3.8) is 0 Å². The summed E-state index contributed by atoms with van der Waals surface area (Å²) in [6.07, 6.45) is 14.4. The zero-order valence-electron chi connectivity index (χ0n) is 17.1. The van der Waals surface area contributed by atoms with Crippen LogP contribution in [0.2, 0.25) is 0 Å². The summed E-state index contributed by atoms with van der Waals surface area (Å²) in [5.41, 5.74) is 9.20. The molecule has 1 aromatic carbocycles. The molecule has 2 N–H and O–H groups in total. The third-order valence-corrected chi connectivity index (χ3v) is 5.38. The van der Waals surface area contributed by atoms with Crippen molar-refractivity contribution in [2.45, 2.75) is 19.5 Å². The van der Waals surface area contributed by atoms with E-state index in [1.165, 1.54) is 16.7 Å². The highest BCUT2D eigenvalue weighted by atomic mass is 14.9. The summed E-state index contributed by atoms with van der Waals surface area (Å²) >= 11 is 0. The Hall–Kier alpha value is -3.99.